The highest BCUT2D eigenvalue weighted by atomic mass is 32.2. The number of hydrogen-bond donors (Lipinski definition) is 0. The van der Waals surface area contributed by atoms with Crippen LogP contribution in [0.15, 0.2) is 0 Å². The van der Waals surface area contributed by atoms with E-state index in [0.717, 1.165) is 25.9 Å². The molecule has 1 saturated heterocycles. The van der Waals surface area contributed by atoms with Crippen molar-refractivity contribution in [3.8, 4) is 0 Å². The lowest BCUT2D eigenvalue weighted by Gasteiger charge is -2.20. The van der Waals surface area contributed by atoms with E-state index in [1.165, 1.54) is 10.7 Å². The third-order valence-corrected chi connectivity index (χ3v) is 2.31. The first-order chi connectivity index (χ1) is 4.30. The molecule has 1 aliphatic heterocycles. The first-order valence-corrected chi connectivity index (χ1v) is 4.18. The molecule has 3 nitrogen and oxygen atoms in total. The van der Waals surface area contributed by atoms with E-state index in [4.69, 9.17) is 0 Å². The molecule has 0 aliphatic carbocycles. The monoisotopic (exact) mass is 148 g/mol. The van der Waals surface area contributed by atoms with Crippen molar-refractivity contribution in [2.75, 3.05) is 13.1 Å². The minimum absolute atomic E-state index is 0.718. The lowest BCUT2D eigenvalue weighted by atomic mass is 10.2. The van der Waals surface area contributed by atoms with Crippen LogP contribution in [0.4, 0.5) is 0 Å². The summed E-state index contributed by atoms with van der Waals surface area (Å²) >= 11 is -1.97. The van der Waals surface area contributed by atoms with Crippen LogP contribution in [0.3, 0.4) is 0 Å². The van der Waals surface area contributed by atoms with E-state index < -0.39 is 11.3 Å². The Kier molecular flexibility index (Phi) is 2.63. The van der Waals surface area contributed by atoms with Crippen molar-refractivity contribution in [1.82, 2.24) is 4.31 Å². The second-order valence-electron chi connectivity index (χ2n) is 2.21. The molecule has 1 atom stereocenters. The van der Waals surface area contributed by atoms with Crippen molar-refractivity contribution >= 4 is 11.3 Å². The maximum atomic E-state index is 10.3. The summed E-state index contributed by atoms with van der Waals surface area (Å²) in [5, 5.41) is 0. The molecule has 4 heteroatoms. The molecule has 9 heavy (non-hydrogen) atoms. The molecule has 0 N–H and O–H groups in total. The summed E-state index contributed by atoms with van der Waals surface area (Å²) in [5.41, 5.74) is 0. The average Bonchev–Trinajstić information content (AvgIpc) is 1.90. The average molecular weight is 148 g/mol. The Morgan fingerprint density at radius 2 is 1.67 bits per heavy atom. The summed E-state index contributed by atoms with van der Waals surface area (Å²) in [5.74, 6) is 0. The first-order valence-electron chi connectivity index (χ1n) is 3.15. The van der Waals surface area contributed by atoms with Crippen molar-refractivity contribution < 1.29 is 8.76 Å². The SMILES string of the molecule is [O]S(=O)N1CCCCC1. The first kappa shape index (κ1) is 7.18. The molecular weight excluding hydrogens is 138 g/mol. The van der Waals surface area contributed by atoms with Crippen LogP contribution >= 0.6 is 0 Å². The second kappa shape index (κ2) is 3.29. The Hall–Kier alpha value is 0.0700. The van der Waals surface area contributed by atoms with Gasteiger partial charge in [0.15, 0.2) is 0 Å². The van der Waals surface area contributed by atoms with Gasteiger partial charge < -0.3 is 0 Å². The van der Waals surface area contributed by atoms with Gasteiger partial charge >= 0.3 is 0 Å². The normalized spacial score (nSPS) is 25.9. The number of nitrogens with zero attached hydrogens (tertiary/aromatic N) is 1. The van der Waals surface area contributed by atoms with Crippen LogP contribution in [0, 0.1) is 0 Å². The highest BCUT2D eigenvalue weighted by Gasteiger charge is 2.14. The van der Waals surface area contributed by atoms with Crippen molar-refractivity contribution in [3.63, 3.8) is 0 Å². The number of rotatable bonds is 1. The lowest BCUT2D eigenvalue weighted by Crippen LogP contribution is -2.30. The van der Waals surface area contributed by atoms with Gasteiger partial charge in [-0.25, -0.2) is 4.21 Å². The van der Waals surface area contributed by atoms with Gasteiger partial charge in [0.05, 0.1) is 0 Å². The van der Waals surface area contributed by atoms with Crippen molar-refractivity contribution in [1.29, 1.82) is 0 Å². The summed E-state index contributed by atoms with van der Waals surface area (Å²) in [6, 6.07) is 0. The highest BCUT2D eigenvalue weighted by Crippen LogP contribution is 2.09. The van der Waals surface area contributed by atoms with Crippen LogP contribution < -0.4 is 0 Å². The zero-order chi connectivity index (χ0) is 6.69. The number of piperidine rings is 1. The fourth-order valence-corrected chi connectivity index (χ4v) is 1.57. The Morgan fingerprint density at radius 3 is 2.00 bits per heavy atom. The zero-order valence-electron chi connectivity index (χ0n) is 5.21. The van der Waals surface area contributed by atoms with Gasteiger partial charge in [-0.3, -0.25) is 0 Å². The van der Waals surface area contributed by atoms with Gasteiger partial charge in [-0.15, -0.1) is 0 Å². The van der Waals surface area contributed by atoms with Crippen molar-refractivity contribution in [2.45, 2.75) is 19.3 Å². The molecule has 0 saturated carbocycles. The van der Waals surface area contributed by atoms with Gasteiger partial charge in [0, 0.05) is 13.1 Å². The van der Waals surface area contributed by atoms with Crippen molar-refractivity contribution in [2.24, 2.45) is 0 Å². The Labute approximate surface area is 57.5 Å². The molecule has 0 aromatic carbocycles. The summed E-state index contributed by atoms with van der Waals surface area (Å²) in [6.07, 6.45) is 3.22. The van der Waals surface area contributed by atoms with Crippen LogP contribution in [0.2, 0.25) is 0 Å². The van der Waals surface area contributed by atoms with E-state index in [1.807, 2.05) is 0 Å². The largest absolute Gasteiger partial charge is 0.267 e. The maximum absolute atomic E-state index is 10.3. The molecule has 1 rings (SSSR count). The lowest BCUT2D eigenvalue weighted by molar-refractivity contribution is 0.319. The quantitative estimate of drug-likeness (QED) is 0.533. The molecular formula is C5H10NO2S. The third-order valence-electron chi connectivity index (χ3n) is 1.53. The third kappa shape index (κ3) is 2.04. The smallest absolute Gasteiger partial charge is 0.209 e. The predicted octanol–water partition coefficient (Wildman–Crippen LogP) is 0.482. The van der Waals surface area contributed by atoms with Gasteiger partial charge in [-0.2, -0.15) is 4.31 Å². The van der Waals surface area contributed by atoms with Crippen LogP contribution in [0.25, 0.3) is 0 Å². The van der Waals surface area contributed by atoms with Gasteiger partial charge in [-0.05, 0) is 12.8 Å². The van der Waals surface area contributed by atoms with Crippen LogP contribution in [-0.2, 0) is 15.8 Å². The molecule has 1 unspecified atom stereocenters. The van der Waals surface area contributed by atoms with Crippen LogP contribution in [-0.4, -0.2) is 21.6 Å². The van der Waals surface area contributed by atoms with E-state index in [9.17, 15) is 8.76 Å². The fourth-order valence-electron chi connectivity index (χ4n) is 1.01. The maximum Gasteiger partial charge on any atom is 0.267 e. The Balaban J connectivity index is 2.31. The molecule has 53 valence electrons. The Morgan fingerprint density at radius 1 is 1.11 bits per heavy atom. The van der Waals surface area contributed by atoms with E-state index in [2.05, 4.69) is 0 Å². The molecule has 1 heterocycles. The van der Waals surface area contributed by atoms with Gasteiger partial charge in [-0.1, -0.05) is 11.0 Å². The van der Waals surface area contributed by atoms with E-state index >= 15 is 0 Å². The minimum Gasteiger partial charge on any atom is -0.209 e. The van der Waals surface area contributed by atoms with Gasteiger partial charge in [0.1, 0.15) is 0 Å². The molecule has 0 spiro atoms. The molecule has 0 aromatic rings. The summed E-state index contributed by atoms with van der Waals surface area (Å²) in [6.45, 7) is 1.44. The standard InChI is InChI=1S/C5H10NO2S/c7-9(8)6-4-2-1-3-5-6/h1-5H2. The molecule has 1 aliphatic rings. The second-order valence-corrected chi connectivity index (χ2v) is 3.16. The molecule has 0 bridgehead atoms. The highest BCUT2D eigenvalue weighted by molar-refractivity contribution is 7.76. The van der Waals surface area contributed by atoms with Crippen LogP contribution in [0.1, 0.15) is 19.3 Å². The summed E-state index contributed by atoms with van der Waals surface area (Å²) in [4.78, 5) is 0. The van der Waals surface area contributed by atoms with E-state index in [-0.39, 0.29) is 0 Å². The zero-order valence-corrected chi connectivity index (χ0v) is 6.02. The van der Waals surface area contributed by atoms with Crippen LogP contribution in [0.5, 0.6) is 0 Å². The fraction of sp³-hybridized carbons (Fsp3) is 1.00. The molecule has 0 amide bonds. The molecule has 1 radical (unpaired) electrons. The summed E-state index contributed by atoms with van der Waals surface area (Å²) in [7, 11) is 0. The van der Waals surface area contributed by atoms with E-state index in [0.29, 0.717) is 0 Å². The Bertz CT molecular complexity index is 112. The number of hydrogen-bond acceptors (Lipinski definition) is 1. The van der Waals surface area contributed by atoms with Gasteiger partial charge in [0.2, 0.25) is 0 Å². The van der Waals surface area contributed by atoms with E-state index in [1.54, 1.807) is 0 Å². The topological polar surface area (TPSA) is 40.2 Å². The summed E-state index contributed by atoms with van der Waals surface area (Å²) < 4.78 is 22.0. The predicted molar refractivity (Wildman–Crippen MR) is 34.3 cm³/mol. The van der Waals surface area contributed by atoms with Crippen molar-refractivity contribution in [3.05, 3.63) is 0 Å². The molecule has 1 fully saturated rings. The minimum atomic E-state index is -1.97. The van der Waals surface area contributed by atoms with Gasteiger partial charge in [0.25, 0.3) is 11.3 Å². The molecule has 0 aromatic heterocycles.